The smallest absolute Gasteiger partial charge is 0.390 e. The van der Waals surface area contributed by atoms with E-state index in [0.29, 0.717) is 17.7 Å². The van der Waals surface area contributed by atoms with Crippen LogP contribution in [0.2, 0.25) is 0 Å². The third kappa shape index (κ3) is 17.7. The molecule has 220 valence electrons. The van der Waals surface area contributed by atoms with Crippen LogP contribution in [0, 0.1) is 18.3 Å². The van der Waals surface area contributed by atoms with Crippen LogP contribution in [0.5, 0.6) is 0 Å². The van der Waals surface area contributed by atoms with Crippen molar-refractivity contribution in [3.05, 3.63) is 114 Å². The number of allylic oxidation sites excluding steroid dienone is 10. The Labute approximate surface area is 283 Å². The topological polar surface area (TPSA) is 36.2 Å². The second-order valence-electron chi connectivity index (χ2n) is 9.15. The molecular weight excluding hydrogens is 565 g/mol. The largest absolute Gasteiger partial charge is 1.00 e. The van der Waals surface area contributed by atoms with Crippen molar-refractivity contribution in [2.24, 2.45) is 10.9 Å². The number of nitrogens with zero attached hydrogens (tertiary/aromatic N) is 1. The molecule has 0 heterocycles. The summed E-state index contributed by atoms with van der Waals surface area (Å²) in [6.45, 7) is 20.7. The number of rotatable bonds is 7. The number of nitrogens with one attached hydrogen (secondary N) is 1. The first-order chi connectivity index (χ1) is 18.5. The summed E-state index contributed by atoms with van der Waals surface area (Å²) in [4.78, 5) is 4.02. The van der Waals surface area contributed by atoms with Crippen molar-refractivity contribution in [1.29, 1.82) is 5.41 Å². The van der Waals surface area contributed by atoms with Gasteiger partial charge < -0.3 is 17.3 Å². The van der Waals surface area contributed by atoms with E-state index in [2.05, 4.69) is 45.1 Å². The van der Waals surface area contributed by atoms with E-state index in [4.69, 9.17) is 5.41 Å². The van der Waals surface area contributed by atoms with Crippen LogP contribution < -0.4 is 51.4 Å². The Balaban J connectivity index is 0. The van der Waals surface area contributed by atoms with E-state index in [9.17, 15) is 26.3 Å². The van der Waals surface area contributed by atoms with Crippen LogP contribution in [0.4, 0.5) is 26.3 Å². The molecule has 0 bridgehead atoms. The molecule has 1 unspecified atom stereocenters. The maximum Gasteiger partial charge on any atom is 1.00 e. The number of benzene rings is 1. The SMILES string of the molecule is C=C/C=C1C=C(/C=C(\C)[C-]=NC(=C)C)C=CC/1=N.CCc1ccc(C(F)(F)F)cc1C(F)(F)F.[CH2-]C(C)CCC.[K+]. The first kappa shape index (κ1) is 41.4. The van der Waals surface area contributed by atoms with Crippen LogP contribution >= 0.6 is 0 Å². The molecule has 0 aliphatic heterocycles. The molecule has 0 radical (unpaired) electrons. The van der Waals surface area contributed by atoms with E-state index in [0.717, 1.165) is 28.5 Å². The number of halogens is 6. The Morgan fingerprint density at radius 3 is 2.12 bits per heavy atom. The van der Waals surface area contributed by atoms with E-state index in [1.807, 2.05) is 38.2 Å². The Morgan fingerprint density at radius 2 is 1.71 bits per heavy atom. The van der Waals surface area contributed by atoms with Crippen molar-refractivity contribution >= 4 is 11.9 Å². The Morgan fingerprint density at radius 1 is 1.10 bits per heavy atom. The van der Waals surface area contributed by atoms with Crippen molar-refractivity contribution < 1.29 is 77.7 Å². The van der Waals surface area contributed by atoms with Gasteiger partial charge in [0.05, 0.1) is 16.8 Å². The summed E-state index contributed by atoms with van der Waals surface area (Å²) in [6, 6.07) is 1.68. The summed E-state index contributed by atoms with van der Waals surface area (Å²) in [5, 5.41) is 7.75. The Kier molecular flexibility index (Phi) is 20.4. The molecule has 1 atom stereocenters. The third-order valence-electron chi connectivity index (χ3n) is 5.08. The normalized spacial score (nSPS) is 15.2. The summed E-state index contributed by atoms with van der Waals surface area (Å²) in [7, 11) is 0. The minimum Gasteiger partial charge on any atom is -0.390 e. The molecule has 0 spiro atoms. The number of hydrogen-bond acceptors (Lipinski definition) is 2. The molecular formula is C32H38F6KN2-. The molecule has 1 N–H and O–H groups in total. The molecule has 1 aliphatic carbocycles. The van der Waals surface area contributed by atoms with Gasteiger partial charge in [-0.3, -0.25) is 0 Å². The molecule has 0 aromatic heterocycles. The summed E-state index contributed by atoms with van der Waals surface area (Å²) in [6.07, 6.45) is 7.03. The molecule has 2 rings (SSSR count). The van der Waals surface area contributed by atoms with Gasteiger partial charge in [0.25, 0.3) is 0 Å². The maximum atomic E-state index is 12.4. The summed E-state index contributed by atoms with van der Waals surface area (Å²) in [5.74, 6) is 0.648. The van der Waals surface area contributed by atoms with Crippen molar-refractivity contribution in [1.82, 2.24) is 0 Å². The van der Waals surface area contributed by atoms with Crippen LogP contribution in [-0.4, -0.2) is 11.9 Å². The predicted octanol–water partition coefficient (Wildman–Crippen LogP) is 7.59. The third-order valence-corrected chi connectivity index (χ3v) is 5.08. The fraction of sp³-hybridized carbons (Fsp3) is 0.344. The Hall–Kier alpha value is -1.78. The first-order valence-electron chi connectivity index (χ1n) is 12.7. The van der Waals surface area contributed by atoms with Crippen LogP contribution in [0.1, 0.15) is 64.2 Å². The van der Waals surface area contributed by atoms with Gasteiger partial charge in [-0.25, -0.2) is 0 Å². The van der Waals surface area contributed by atoms with E-state index in [1.165, 1.54) is 19.8 Å². The molecule has 1 aromatic carbocycles. The summed E-state index contributed by atoms with van der Waals surface area (Å²) in [5.41, 5.74) is 1.36. The van der Waals surface area contributed by atoms with Crippen molar-refractivity contribution in [3.63, 3.8) is 0 Å². The first-order valence-corrected chi connectivity index (χ1v) is 12.7. The number of hydrogen-bond donors (Lipinski definition) is 1. The van der Waals surface area contributed by atoms with Crippen molar-refractivity contribution in [2.45, 2.75) is 66.2 Å². The maximum absolute atomic E-state index is 12.4. The molecule has 1 aromatic rings. The van der Waals surface area contributed by atoms with Crippen LogP contribution in [0.3, 0.4) is 0 Å². The Bertz CT molecular complexity index is 1160. The van der Waals surface area contributed by atoms with E-state index < -0.39 is 23.5 Å². The number of alkyl halides is 6. The van der Waals surface area contributed by atoms with E-state index >= 15 is 0 Å². The predicted molar refractivity (Wildman–Crippen MR) is 154 cm³/mol. The average Bonchev–Trinajstić information content (AvgIpc) is 2.84. The fourth-order valence-electron chi connectivity index (χ4n) is 3.22. The monoisotopic (exact) mass is 603 g/mol. The van der Waals surface area contributed by atoms with E-state index in [1.54, 1.807) is 12.2 Å². The number of aryl methyl sites for hydroxylation is 1. The molecule has 2 nitrogen and oxygen atoms in total. The zero-order valence-electron chi connectivity index (χ0n) is 24.7. The van der Waals surface area contributed by atoms with Crippen LogP contribution in [0.15, 0.2) is 95.2 Å². The standard InChI is InChI=1S/C16H17N2.C10H8F6.C6H13.K/c1-5-6-15-10-14(7-8-16(15)17)9-13(4)11-18-12(2)3;1-2-6-3-4-7(9(11,12)13)5-8(6)10(14,15)16;1-4-5-6(2)3;/h5-10,17H,1-2H2,3-4H3;3-5H,2H2,1H3;6H,2,4-5H2,1,3H3;/q-1;;-1;+1/b13-9+,15-6-,17-16?;;;. The van der Waals surface area contributed by atoms with Gasteiger partial charge in [-0.2, -0.15) is 32.3 Å². The van der Waals surface area contributed by atoms with E-state index in [-0.39, 0.29) is 69.4 Å². The summed E-state index contributed by atoms with van der Waals surface area (Å²) < 4.78 is 74.0. The summed E-state index contributed by atoms with van der Waals surface area (Å²) >= 11 is 0. The molecule has 9 heteroatoms. The van der Waals surface area contributed by atoms with Gasteiger partial charge in [-0.15, -0.1) is 18.2 Å². The molecule has 41 heavy (non-hydrogen) atoms. The van der Waals surface area contributed by atoms with Gasteiger partial charge in [0.2, 0.25) is 0 Å². The zero-order chi connectivity index (χ0) is 31.1. The second kappa shape index (κ2) is 20.2. The van der Waals surface area contributed by atoms with Gasteiger partial charge in [0.15, 0.2) is 0 Å². The van der Waals surface area contributed by atoms with Gasteiger partial charge in [-0.1, -0.05) is 102 Å². The van der Waals surface area contributed by atoms with Crippen LogP contribution in [0.25, 0.3) is 0 Å². The number of aliphatic imine (C=N–C) groups is 1. The second-order valence-corrected chi connectivity index (χ2v) is 9.15. The quantitative estimate of drug-likeness (QED) is 0.144. The van der Waals surface area contributed by atoms with Crippen molar-refractivity contribution in [2.75, 3.05) is 0 Å². The van der Waals surface area contributed by atoms with Gasteiger partial charge in [0, 0.05) is 0 Å². The van der Waals surface area contributed by atoms with Gasteiger partial charge in [0.1, 0.15) is 0 Å². The van der Waals surface area contributed by atoms with Crippen LogP contribution in [-0.2, 0) is 18.8 Å². The van der Waals surface area contributed by atoms with Gasteiger partial charge in [-0.05, 0) is 35.8 Å². The minimum absolute atomic E-state index is 0. The average molecular weight is 604 g/mol. The molecule has 1 aliphatic rings. The molecule has 0 amide bonds. The zero-order valence-corrected chi connectivity index (χ0v) is 27.9. The molecule has 0 saturated heterocycles. The fourth-order valence-corrected chi connectivity index (χ4v) is 3.22. The molecule has 0 saturated carbocycles. The van der Waals surface area contributed by atoms with Gasteiger partial charge >= 0.3 is 63.7 Å². The molecule has 0 fully saturated rings. The van der Waals surface area contributed by atoms with Crippen molar-refractivity contribution in [3.8, 4) is 0 Å². The minimum atomic E-state index is -4.76.